The number of fused-ring (bicyclic) bond motifs is 1. The van der Waals surface area contributed by atoms with Gasteiger partial charge in [0.1, 0.15) is 22.3 Å². The van der Waals surface area contributed by atoms with E-state index in [1.807, 2.05) is 0 Å². The molecule has 2 N–H and O–H groups in total. The van der Waals surface area contributed by atoms with Gasteiger partial charge in [0, 0.05) is 11.4 Å². The second kappa shape index (κ2) is 10.7. The van der Waals surface area contributed by atoms with E-state index in [0.717, 1.165) is 6.07 Å². The van der Waals surface area contributed by atoms with Crippen molar-refractivity contribution in [3.8, 4) is 11.6 Å². The van der Waals surface area contributed by atoms with Crippen molar-refractivity contribution in [1.82, 2.24) is 9.97 Å². The molecule has 0 radical (unpaired) electrons. The van der Waals surface area contributed by atoms with Crippen molar-refractivity contribution in [2.45, 2.75) is 18.7 Å². The highest BCUT2D eigenvalue weighted by molar-refractivity contribution is 7.92. The first-order chi connectivity index (χ1) is 19.1. The maximum Gasteiger partial charge on any atom is 0.279 e. The smallest absolute Gasteiger partial charge is 0.279 e. The van der Waals surface area contributed by atoms with Crippen LogP contribution >= 0.6 is 0 Å². The zero-order chi connectivity index (χ0) is 28.4. The van der Waals surface area contributed by atoms with Gasteiger partial charge in [-0.2, -0.15) is 0 Å². The van der Waals surface area contributed by atoms with Crippen LogP contribution in [-0.2, 0) is 10.0 Å². The number of benzene rings is 4. The van der Waals surface area contributed by atoms with E-state index in [2.05, 4.69) is 20.0 Å². The highest BCUT2D eigenvalue weighted by atomic mass is 32.2. The molecule has 8 nitrogen and oxygen atoms in total. The van der Waals surface area contributed by atoms with Crippen molar-refractivity contribution in [2.24, 2.45) is 0 Å². The Bertz CT molecular complexity index is 1870. The summed E-state index contributed by atoms with van der Waals surface area (Å²) in [5.41, 5.74) is 1.38. The summed E-state index contributed by atoms with van der Waals surface area (Å²) in [7, 11) is -4.34. The van der Waals surface area contributed by atoms with E-state index >= 15 is 0 Å². The first-order valence-electron chi connectivity index (χ1n) is 12.0. The molecule has 1 amide bonds. The number of para-hydroxylation sites is 3. The molecule has 4 aromatic carbocycles. The Hall–Kier alpha value is -4.90. The third-order valence-electron chi connectivity index (χ3n) is 6.00. The Morgan fingerprint density at radius 2 is 1.52 bits per heavy atom. The maximum atomic E-state index is 14.8. The van der Waals surface area contributed by atoms with Gasteiger partial charge in [-0.1, -0.05) is 30.3 Å². The number of hydrogen-bond acceptors (Lipinski definition) is 6. The van der Waals surface area contributed by atoms with E-state index in [1.165, 1.54) is 43.3 Å². The molecule has 40 heavy (non-hydrogen) atoms. The second-order valence-corrected chi connectivity index (χ2v) is 10.5. The summed E-state index contributed by atoms with van der Waals surface area (Å²) in [5, 5.41) is 2.60. The second-order valence-electron chi connectivity index (χ2n) is 8.85. The lowest BCUT2D eigenvalue weighted by atomic mass is 10.2. The van der Waals surface area contributed by atoms with Gasteiger partial charge in [0.05, 0.1) is 11.0 Å². The third kappa shape index (κ3) is 5.45. The van der Waals surface area contributed by atoms with Crippen LogP contribution in [0.4, 0.5) is 20.2 Å². The molecule has 0 saturated heterocycles. The first-order valence-corrected chi connectivity index (χ1v) is 13.5. The van der Waals surface area contributed by atoms with Gasteiger partial charge in [-0.3, -0.25) is 9.52 Å². The van der Waals surface area contributed by atoms with Gasteiger partial charge in [0.25, 0.3) is 21.8 Å². The third-order valence-corrected chi connectivity index (χ3v) is 7.54. The van der Waals surface area contributed by atoms with Crippen LogP contribution in [0.15, 0.2) is 89.8 Å². The molecule has 0 aliphatic carbocycles. The lowest BCUT2D eigenvalue weighted by Gasteiger charge is -2.16. The van der Waals surface area contributed by atoms with Crippen LogP contribution in [0.25, 0.3) is 11.0 Å². The number of amides is 1. The number of aromatic nitrogens is 2. The van der Waals surface area contributed by atoms with Crippen molar-refractivity contribution in [3.05, 3.63) is 113 Å². The van der Waals surface area contributed by atoms with Crippen LogP contribution in [0.3, 0.4) is 0 Å². The number of nitrogens with one attached hydrogen (secondary N) is 2. The number of aryl methyl sites for hydroxylation is 1. The molecule has 202 valence electrons. The number of sulfonamides is 1. The molecule has 5 aromatic rings. The fourth-order valence-corrected chi connectivity index (χ4v) is 5.44. The molecule has 0 aliphatic heterocycles. The Labute approximate surface area is 228 Å². The number of rotatable bonds is 7. The van der Waals surface area contributed by atoms with Crippen LogP contribution in [0.5, 0.6) is 11.6 Å². The van der Waals surface area contributed by atoms with Crippen molar-refractivity contribution < 1.29 is 26.7 Å². The number of halogens is 2. The van der Waals surface area contributed by atoms with Gasteiger partial charge in [-0.15, -0.1) is 0 Å². The molecule has 0 spiro atoms. The highest BCUT2D eigenvalue weighted by Gasteiger charge is 2.26. The average Bonchev–Trinajstić information content (AvgIpc) is 2.91. The van der Waals surface area contributed by atoms with Crippen LogP contribution in [0.2, 0.25) is 0 Å². The fourth-order valence-electron chi connectivity index (χ4n) is 4.05. The standard InChI is InChI=1S/C29H22F2N4O4S/c1-17-16-19(30)12-15-25(17)39-29-26(32-23-10-6-7-11-24(23)34-29)28(36)33-22-14-13-21(31)27(18(22)2)40(37,38)35-20-8-4-3-5-9-20/h3-16,35H,1-2H3,(H,33,36). The molecular weight excluding hydrogens is 538 g/mol. The van der Waals surface area contributed by atoms with Crippen LogP contribution in [-0.4, -0.2) is 24.3 Å². The van der Waals surface area contributed by atoms with E-state index in [9.17, 15) is 22.0 Å². The summed E-state index contributed by atoms with van der Waals surface area (Å²) < 4.78 is 62.9. The van der Waals surface area contributed by atoms with E-state index in [-0.39, 0.29) is 34.3 Å². The summed E-state index contributed by atoms with van der Waals surface area (Å²) in [6.07, 6.45) is 0. The van der Waals surface area contributed by atoms with Gasteiger partial charge in [0.15, 0.2) is 5.69 Å². The molecule has 0 fully saturated rings. The molecule has 5 rings (SSSR count). The lowest BCUT2D eigenvalue weighted by Crippen LogP contribution is -2.20. The van der Waals surface area contributed by atoms with Crippen LogP contribution in [0.1, 0.15) is 21.6 Å². The van der Waals surface area contributed by atoms with Crippen molar-refractivity contribution >= 4 is 38.3 Å². The first kappa shape index (κ1) is 26.7. The van der Waals surface area contributed by atoms with E-state index in [0.29, 0.717) is 16.6 Å². The molecule has 0 atom stereocenters. The quantitative estimate of drug-likeness (QED) is 0.239. The van der Waals surface area contributed by atoms with Gasteiger partial charge in [-0.25, -0.2) is 27.2 Å². The van der Waals surface area contributed by atoms with E-state index in [1.54, 1.807) is 49.4 Å². The predicted octanol–water partition coefficient (Wildman–Crippen LogP) is 6.37. The van der Waals surface area contributed by atoms with Crippen LogP contribution < -0.4 is 14.8 Å². The van der Waals surface area contributed by atoms with E-state index in [4.69, 9.17) is 4.74 Å². The zero-order valence-corrected chi connectivity index (χ0v) is 22.1. The number of anilines is 2. The van der Waals surface area contributed by atoms with Crippen molar-refractivity contribution in [2.75, 3.05) is 10.0 Å². The predicted molar refractivity (Wildman–Crippen MR) is 147 cm³/mol. The highest BCUT2D eigenvalue weighted by Crippen LogP contribution is 2.31. The van der Waals surface area contributed by atoms with E-state index < -0.39 is 32.5 Å². The van der Waals surface area contributed by atoms with Crippen LogP contribution in [0, 0.1) is 25.5 Å². The molecule has 0 saturated carbocycles. The minimum Gasteiger partial charge on any atom is -0.437 e. The summed E-state index contributed by atoms with van der Waals surface area (Å²) in [6.45, 7) is 3.02. The minimum absolute atomic E-state index is 0.0256. The summed E-state index contributed by atoms with van der Waals surface area (Å²) in [6, 6.07) is 21.0. The monoisotopic (exact) mass is 560 g/mol. The van der Waals surface area contributed by atoms with Gasteiger partial charge < -0.3 is 10.1 Å². The van der Waals surface area contributed by atoms with Gasteiger partial charge >= 0.3 is 0 Å². The fraction of sp³-hybridized carbons (Fsp3) is 0.0690. The Morgan fingerprint density at radius 3 is 2.23 bits per heavy atom. The number of hydrogen-bond donors (Lipinski definition) is 2. The maximum absolute atomic E-state index is 14.8. The molecule has 1 heterocycles. The Kier molecular flexibility index (Phi) is 7.14. The van der Waals surface area contributed by atoms with Crippen molar-refractivity contribution in [3.63, 3.8) is 0 Å². The van der Waals surface area contributed by atoms with Crippen molar-refractivity contribution in [1.29, 1.82) is 0 Å². The number of carbonyl (C=O) groups excluding carboxylic acids is 1. The number of nitrogens with zero attached hydrogens (tertiary/aromatic N) is 2. The minimum atomic E-state index is -4.34. The Morgan fingerprint density at radius 1 is 0.850 bits per heavy atom. The summed E-state index contributed by atoms with van der Waals surface area (Å²) in [4.78, 5) is 21.7. The topological polar surface area (TPSA) is 110 Å². The normalized spacial score (nSPS) is 11.3. The number of ether oxygens (including phenoxy) is 1. The number of carbonyl (C=O) groups is 1. The molecule has 0 bridgehead atoms. The summed E-state index contributed by atoms with van der Waals surface area (Å²) in [5.74, 6) is -2.10. The molecule has 0 aliphatic rings. The van der Waals surface area contributed by atoms with Gasteiger partial charge in [0.2, 0.25) is 0 Å². The lowest BCUT2D eigenvalue weighted by molar-refractivity contribution is 0.101. The SMILES string of the molecule is Cc1cc(F)ccc1Oc1nc2ccccc2nc1C(=O)Nc1ccc(F)c(S(=O)(=O)Nc2ccccc2)c1C. The van der Waals surface area contributed by atoms with Gasteiger partial charge in [-0.05, 0) is 79.6 Å². The average molecular weight is 561 g/mol. The molecule has 1 aromatic heterocycles. The summed E-state index contributed by atoms with van der Waals surface area (Å²) >= 11 is 0. The molecule has 0 unspecified atom stereocenters. The Balaban J connectivity index is 1.52. The molecular formula is C29H22F2N4O4S. The zero-order valence-electron chi connectivity index (χ0n) is 21.3. The largest absolute Gasteiger partial charge is 0.437 e. The molecule has 11 heteroatoms.